The van der Waals surface area contributed by atoms with E-state index < -0.39 is 0 Å². The van der Waals surface area contributed by atoms with E-state index in [9.17, 15) is 0 Å². The van der Waals surface area contributed by atoms with Crippen molar-refractivity contribution in [3.8, 4) is 0 Å². The number of nitrogens with one attached hydrogen (secondary N) is 1. The Morgan fingerprint density at radius 3 is 2.82 bits per heavy atom. The van der Waals surface area contributed by atoms with Crippen LogP contribution in [-0.4, -0.2) is 19.8 Å². The van der Waals surface area contributed by atoms with Crippen LogP contribution in [0, 0.1) is 5.92 Å². The molecule has 1 heterocycles. The molecule has 0 radical (unpaired) electrons. The van der Waals surface area contributed by atoms with Crippen molar-refractivity contribution in [1.82, 2.24) is 5.32 Å². The van der Waals surface area contributed by atoms with Crippen LogP contribution in [0.1, 0.15) is 24.9 Å². The lowest BCUT2D eigenvalue weighted by Gasteiger charge is -2.24. The number of hydrogen-bond donors (Lipinski definition) is 1. The van der Waals surface area contributed by atoms with Crippen molar-refractivity contribution >= 4 is 23.2 Å². The minimum absolute atomic E-state index is 0.303. The van der Waals surface area contributed by atoms with E-state index in [0.717, 1.165) is 26.2 Å². The molecule has 0 bridgehead atoms. The molecule has 1 aliphatic heterocycles. The highest BCUT2D eigenvalue weighted by Crippen LogP contribution is 2.32. The van der Waals surface area contributed by atoms with Crippen LogP contribution in [0.15, 0.2) is 18.2 Å². The van der Waals surface area contributed by atoms with Crippen LogP contribution in [0.4, 0.5) is 0 Å². The maximum atomic E-state index is 6.07. The van der Waals surface area contributed by atoms with Gasteiger partial charge < -0.3 is 10.1 Å². The van der Waals surface area contributed by atoms with Gasteiger partial charge in [-0.1, -0.05) is 36.2 Å². The molecule has 0 amide bonds. The van der Waals surface area contributed by atoms with Crippen LogP contribution in [0.3, 0.4) is 0 Å². The van der Waals surface area contributed by atoms with Crippen LogP contribution in [-0.2, 0) is 4.74 Å². The molecule has 2 nitrogen and oxygen atoms in total. The van der Waals surface area contributed by atoms with E-state index in [1.54, 1.807) is 0 Å². The van der Waals surface area contributed by atoms with Gasteiger partial charge in [0.1, 0.15) is 0 Å². The largest absolute Gasteiger partial charge is 0.381 e. The van der Waals surface area contributed by atoms with Crippen molar-refractivity contribution in [1.29, 1.82) is 0 Å². The van der Waals surface area contributed by atoms with Crippen LogP contribution in [0.2, 0.25) is 10.0 Å². The SMILES string of the molecule is CCNC(c1ccc(Cl)c(Cl)c1)C1CCOC1. The fraction of sp³-hybridized carbons (Fsp3) is 0.538. The fourth-order valence-corrected chi connectivity index (χ4v) is 2.60. The molecule has 1 aliphatic rings. The molecule has 4 heteroatoms. The Labute approximate surface area is 112 Å². The number of hydrogen-bond acceptors (Lipinski definition) is 2. The van der Waals surface area contributed by atoms with E-state index in [4.69, 9.17) is 27.9 Å². The van der Waals surface area contributed by atoms with Gasteiger partial charge >= 0.3 is 0 Å². The zero-order valence-corrected chi connectivity index (χ0v) is 11.4. The summed E-state index contributed by atoms with van der Waals surface area (Å²) in [5.74, 6) is 0.521. The Bertz CT molecular complexity index is 378. The monoisotopic (exact) mass is 273 g/mol. The molecule has 17 heavy (non-hydrogen) atoms. The van der Waals surface area contributed by atoms with Crippen LogP contribution < -0.4 is 5.32 Å². The van der Waals surface area contributed by atoms with Crippen LogP contribution >= 0.6 is 23.2 Å². The van der Waals surface area contributed by atoms with Crippen molar-refractivity contribution in [3.05, 3.63) is 33.8 Å². The van der Waals surface area contributed by atoms with Gasteiger partial charge in [0.05, 0.1) is 16.7 Å². The second-order valence-electron chi connectivity index (χ2n) is 4.33. The topological polar surface area (TPSA) is 21.3 Å². The summed E-state index contributed by atoms with van der Waals surface area (Å²) in [6, 6.07) is 6.16. The normalized spacial score (nSPS) is 21.7. The molecule has 0 aromatic heterocycles. The van der Waals surface area contributed by atoms with Crippen LogP contribution in [0.25, 0.3) is 0 Å². The van der Waals surface area contributed by atoms with E-state index in [2.05, 4.69) is 12.2 Å². The Kier molecular flexibility index (Phi) is 4.69. The summed E-state index contributed by atoms with van der Waals surface area (Å²) in [6.07, 6.45) is 1.10. The average Bonchev–Trinajstić information content (AvgIpc) is 2.83. The molecule has 1 fully saturated rings. The number of ether oxygens (including phenoxy) is 1. The standard InChI is InChI=1S/C13H17Cl2NO/c1-2-16-13(10-5-6-17-8-10)9-3-4-11(14)12(15)7-9/h3-4,7,10,13,16H,2,5-6,8H2,1H3. The summed E-state index contributed by atoms with van der Waals surface area (Å²) in [5.41, 5.74) is 1.19. The summed E-state index contributed by atoms with van der Waals surface area (Å²) in [6.45, 7) is 4.72. The molecule has 2 atom stereocenters. The third-order valence-electron chi connectivity index (χ3n) is 3.16. The summed E-state index contributed by atoms with van der Waals surface area (Å²) < 4.78 is 5.46. The molecule has 1 aromatic rings. The molecule has 94 valence electrons. The predicted molar refractivity (Wildman–Crippen MR) is 71.8 cm³/mol. The highest BCUT2D eigenvalue weighted by Gasteiger charge is 2.26. The maximum absolute atomic E-state index is 6.07. The van der Waals surface area contributed by atoms with Gasteiger partial charge in [0.2, 0.25) is 0 Å². The average molecular weight is 274 g/mol. The van der Waals surface area contributed by atoms with Crippen molar-refractivity contribution in [2.24, 2.45) is 5.92 Å². The lowest BCUT2D eigenvalue weighted by molar-refractivity contribution is 0.177. The smallest absolute Gasteiger partial charge is 0.0595 e. The first-order valence-electron chi connectivity index (χ1n) is 5.98. The van der Waals surface area contributed by atoms with Crippen molar-refractivity contribution < 1.29 is 4.74 Å². The Morgan fingerprint density at radius 1 is 1.41 bits per heavy atom. The van der Waals surface area contributed by atoms with E-state index >= 15 is 0 Å². The molecule has 1 saturated heterocycles. The van der Waals surface area contributed by atoms with E-state index in [1.165, 1.54) is 5.56 Å². The van der Waals surface area contributed by atoms with Gasteiger partial charge in [-0.3, -0.25) is 0 Å². The Balaban J connectivity index is 2.21. The minimum atomic E-state index is 0.303. The number of benzene rings is 1. The predicted octanol–water partition coefficient (Wildman–Crippen LogP) is 3.68. The van der Waals surface area contributed by atoms with Crippen LogP contribution in [0.5, 0.6) is 0 Å². The van der Waals surface area contributed by atoms with Gasteiger partial charge in [0.15, 0.2) is 0 Å². The third-order valence-corrected chi connectivity index (χ3v) is 3.90. The van der Waals surface area contributed by atoms with Gasteiger partial charge in [-0.25, -0.2) is 0 Å². The summed E-state index contributed by atoms with van der Waals surface area (Å²) in [7, 11) is 0. The minimum Gasteiger partial charge on any atom is -0.381 e. The molecule has 0 saturated carbocycles. The Morgan fingerprint density at radius 2 is 2.24 bits per heavy atom. The lowest BCUT2D eigenvalue weighted by atomic mass is 9.92. The quantitative estimate of drug-likeness (QED) is 0.904. The summed E-state index contributed by atoms with van der Waals surface area (Å²) in [4.78, 5) is 0. The van der Waals surface area contributed by atoms with Gasteiger partial charge in [0.25, 0.3) is 0 Å². The van der Waals surface area contributed by atoms with E-state index in [0.29, 0.717) is 22.0 Å². The Hall–Kier alpha value is -0.280. The molecule has 0 spiro atoms. The summed E-state index contributed by atoms with van der Waals surface area (Å²) in [5, 5.41) is 4.73. The first-order valence-corrected chi connectivity index (χ1v) is 6.74. The van der Waals surface area contributed by atoms with Crippen molar-refractivity contribution in [3.63, 3.8) is 0 Å². The van der Waals surface area contributed by atoms with Crippen molar-refractivity contribution in [2.75, 3.05) is 19.8 Å². The van der Waals surface area contributed by atoms with Gasteiger partial charge in [-0.05, 0) is 30.7 Å². The second kappa shape index (κ2) is 6.05. The highest BCUT2D eigenvalue weighted by atomic mass is 35.5. The van der Waals surface area contributed by atoms with Gasteiger partial charge in [-0.15, -0.1) is 0 Å². The molecular weight excluding hydrogens is 257 g/mol. The van der Waals surface area contributed by atoms with Gasteiger partial charge in [-0.2, -0.15) is 0 Å². The molecule has 2 unspecified atom stereocenters. The van der Waals surface area contributed by atoms with E-state index in [-0.39, 0.29) is 0 Å². The highest BCUT2D eigenvalue weighted by molar-refractivity contribution is 6.42. The fourth-order valence-electron chi connectivity index (χ4n) is 2.30. The molecule has 1 N–H and O–H groups in total. The number of halogens is 2. The number of rotatable bonds is 4. The zero-order chi connectivity index (χ0) is 12.3. The molecule has 1 aromatic carbocycles. The van der Waals surface area contributed by atoms with E-state index in [1.807, 2.05) is 18.2 Å². The lowest BCUT2D eigenvalue weighted by Crippen LogP contribution is -2.28. The maximum Gasteiger partial charge on any atom is 0.0595 e. The molecule has 2 rings (SSSR count). The third kappa shape index (κ3) is 3.14. The van der Waals surface area contributed by atoms with Crippen molar-refractivity contribution in [2.45, 2.75) is 19.4 Å². The van der Waals surface area contributed by atoms with Gasteiger partial charge in [0, 0.05) is 18.6 Å². The molecule has 0 aliphatic carbocycles. The first kappa shape index (κ1) is 13.2. The summed E-state index contributed by atoms with van der Waals surface area (Å²) >= 11 is 12.0. The molecular formula is C13H17Cl2NO. The second-order valence-corrected chi connectivity index (χ2v) is 5.15. The zero-order valence-electron chi connectivity index (χ0n) is 9.88. The first-order chi connectivity index (χ1) is 8.22.